The van der Waals surface area contributed by atoms with Crippen LogP contribution >= 0.6 is 0 Å². The highest BCUT2D eigenvalue weighted by molar-refractivity contribution is 5.87. The second-order valence-corrected chi connectivity index (χ2v) is 7.30. The van der Waals surface area contributed by atoms with Gasteiger partial charge in [-0.05, 0) is 44.2 Å². The van der Waals surface area contributed by atoms with Crippen molar-refractivity contribution in [2.75, 3.05) is 6.61 Å². The molecule has 0 spiro atoms. The zero-order valence-corrected chi connectivity index (χ0v) is 18.2. The highest BCUT2D eigenvalue weighted by Gasteiger charge is 2.21. The van der Waals surface area contributed by atoms with Crippen LogP contribution in [0.3, 0.4) is 0 Å². The molecule has 0 amide bonds. The molecule has 4 rings (SSSR count). The monoisotopic (exact) mass is 446 g/mol. The van der Waals surface area contributed by atoms with Crippen LogP contribution in [0.15, 0.2) is 75.9 Å². The third-order valence-corrected chi connectivity index (χ3v) is 4.76. The Morgan fingerprint density at radius 1 is 1.03 bits per heavy atom. The molecule has 2 aromatic heterocycles. The molecular formula is C24H22N4O5. The van der Waals surface area contributed by atoms with E-state index in [-0.39, 0.29) is 30.3 Å². The zero-order valence-electron chi connectivity index (χ0n) is 18.2. The second-order valence-electron chi connectivity index (χ2n) is 7.30. The van der Waals surface area contributed by atoms with Crippen LogP contribution in [0.25, 0.3) is 11.5 Å². The average Bonchev–Trinajstić information content (AvgIpc) is 3.32. The zero-order chi connectivity index (χ0) is 23.2. The molecule has 0 aliphatic rings. The topological polar surface area (TPSA) is 109 Å². The Morgan fingerprint density at radius 3 is 2.55 bits per heavy atom. The average molecular weight is 446 g/mol. The standard InChI is InChI=1S/C24H22N4O5/c1-16-8-10-18(11-9-16)23-26-25-22(33-23)17(2)32-24(30)20-12-13-21(29)28(27-20)14-15-31-19-6-4-3-5-7-19/h3-13,17H,14-15H2,1-2H3. The number of benzene rings is 2. The van der Waals surface area contributed by atoms with Crippen molar-refractivity contribution >= 4 is 5.97 Å². The van der Waals surface area contributed by atoms with E-state index in [1.165, 1.54) is 12.1 Å². The van der Waals surface area contributed by atoms with E-state index in [0.717, 1.165) is 15.8 Å². The minimum Gasteiger partial charge on any atom is -0.492 e. The number of aromatic nitrogens is 4. The van der Waals surface area contributed by atoms with Gasteiger partial charge in [-0.3, -0.25) is 4.79 Å². The van der Waals surface area contributed by atoms with Crippen molar-refractivity contribution < 1.29 is 18.7 Å². The largest absolute Gasteiger partial charge is 0.492 e. The Bertz CT molecular complexity index is 1280. The second kappa shape index (κ2) is 9.90. The molecule has 0 saturated carbocycles. The van der Waals surface area contributed by atoms with Crippen molar-refractivity contribution in [3.05, 3.63) is 94.2 Å². The first kappa shape index (κ1) is 21.9. The predicted octanol–water partition coefficient (Wildman–Crippen LogP) is 3.60. The Balaban J connectivity index is 1.39. The lowest BCUT2D eigenvalue weighted by Crippen LogP contribution is -2.27. The predicted molar refractivity (Wildman–Crippen MR) is 119 cm³/mol. The van der Waals surface area contributed by atoms with Gasteiger partial charge < -0.3 is 13.9 Å². The molecule has 0 bridgehead atoms. The summed E-state index contributed by atoms with van der Waals surface area (Å²) in [6, 6.07) is 19.4. The number of aryl methyl sites for hydroxylation is 1. The summed E-state index contributed by atoms with van der Waals surface area (Å²) in [5, 5.41) is 12.1. The van der Waals surface area contributed by atoms with E-state index in [0.29, 0.717) is 11.6 Å². The van der Waals surface area contributed by atoms with E-state index in [1.54, 1.807) is 6.92 Å². The maximum absolute atomic E-state index is 12.6. The van der Waals surface area contributed by atoms with Crippen LogP contribution in [0.4, 0.5) is 0 Å². The number of esters is 1. The number of ether oxygens (including phenoxy) is 2. The van der Waals surface area contributed by atoms with Crippen LogP contribution < -0.4 is 10.3 Å². The molecule has 0 saturated heterocycles. The third kappa shape index (κ3) is 5.51. The van der Waals surface area contributed by atoms with Crippen LogP contribution in [-0.4, -0.2) is 32.6 Å². The first-order valence-corrected chi connectivity index (χ1v) is 10.4. The Hall–Kier alpha value is -4.27. The van der Waals surface area contributed by atoms with Crippen LogP contribution in [-0.2, 0) is 11.3 Å². The minimum absolute atomic E-state index is 0.0144. The number of rotatable bonds is 8. The molecule has 33 heavy (non-hydrogen) atoms. The van der Waals surface area contributed by atoms with Gasteiger partial charge in [0.1, 0.15) is 12.4 Å². The molecule has 4 aromatic rings. The Morgan fingerprint density at radius 2 is 1.79 bits per heavy atom. The number of carbonyl (C=O) groups is 1. The van der Waals surface area contributed by atoms with E-state index in [4.69, 9.17) is 13.9 Å². The third-order valence-electron chi connectivity index (χ3n) is 4.76. The molecule has 1 unspecified atom stereocenters. The van der Waals surface area contributed by atoms with Crippen LogP contribution in [0.5, 0.6) is 5.75 Å². The van der Waals surface area contributed by atoms with E-state index in [9.17, 15) is 9.59 Å². The number of nitrogens with zero attached hydrogens (tertiary/aromatic N) is 4. The summed E-state index contributed by atoms with van der Waals surface area (Å²) in [5.41, 5.74) is 1.51. The molecule has 0 aliphatic heterocycles. The van der Waals surface area contributed by atoms with Crippen molar-refractivity contribution in [1.82, 2.24) is 20.0 Å². The van der Waals surface area contributed by atoms with Crippen molar-refractivity contribution in [3.8, 4) is 17.2 Å². The summed E-state index contributed by atoms with van der Waals surface area (Å²) >= 11 is 0. The van der Waals surface area contributed by atoms with Crippen LogP contribution in [0.1, 0.15) is 35.0 Å². The lowest BCUT2D eigenvalue weighted by molar-refractivity contribution is 0.0269. The van der Waals surface area contributed by atoms with E-state index < -0.39 is 12.1 Å². The lowest BCUT2D eigenvalue weighted by Gasteiger charge is -2.11. The number of hydrogen-bond acceptors (Lipinski definition) is 8. The maximum Gasteiger partial charge on any atom is 0.359 e. The summed E-state index contributed by atoms with van der Waals surface area (Å²) < 4.78 is 17.8. The summed E-state index contributed by atoms with van der Waals surface area (Å²) in [6.45, 7) is 4.00. The smallest absolute Gasteiger partial charge is 0.359 e. The fraction of sp³-hybridized carbons (Fsp3) is 0.208. The van der Waals surface area contributed by atoms with Gasteiger partial charge in [0.2, 0.25) is 5.89 Å². The van der Waals surface area contributed by atoms with Gasteiger partial charge in [0.05, 0.1) is 6.54 Å². The molecule has 9 nitrogen and oxygen atoms in total. The van der Waals surface area contributed by atoms with E-state index in [1.807, 2.05) is 61.5 Å². The van der Waals surface area contributed by atoms with Crippen LogP contribution in [0.2, 0.25) is 0 Å². The molecule has 1 atom stereocenters. The van der Waals surface area contributed by atoms with Crippen molar-refractivity contribution in [2.45, 2.75) is 26.5 Å². The molecule has 9 heteroatoms. The molecule has 2 aromatic carbocycles. The number of carbonyl (C=O) groups excluding carboxylic acids is 1. The summed E-state index contributed by atoms with van der Waals surface area (Å²) in [6.07, 6.45) is -0.798. The maximum atomic E-state index is 12.6. The SMILES string of the molecule is Cc1ccc(-c2nnc(C(C)OC(=O)c3ccc(=O)n(CCOc4ccccc4)n3)o2)cc1. The van der Waals surface area contributed by atoms with Gasteiger partial charge in [-0.2, -0.15) is 5.10 Å². The van der Waals surface area contributed by atoms with Gasteiger partial charge in [-0.1, -0.05) is 35.9 Å². The normalized spacial score (nSPS) is 11.7. The lowest BCUT2D eigenvalue weighted by atomic mass is 10.1. The number of hydrogen-bond donors (Lipinski definition) is 0. The van der Waals surface area contributed by atoms with Gasteiger partial charge in [-0.15, -0.1) is 10.2 Å². The van der Waals surface area contributed by atoms with Gasteiger partial charge in [0.15, 0.2) is 11.8 Å². The Kier molecular flexibility index (Phi) is 6.58. The van der Waals surface area contributed by atoms with Crippen molar-refractivity contribution in [1.29, 1.82) is 0 Å². The number of para-hydroxylation sites is 1. The molecule has 0 fully saturated rings. The van der Waals surface area contributed by atoms with E-state index in [2.05, 4.69) is 15.3 Å². The summed E-state index contributed by atoms with van der Waals surface area (Å²) in [5.74, 6) is 0.455. The summed E-state index contributed by atoms with van der Waals surface area (Å²) in [4.78, 5) is 24.7. The highest BCUT2D eigenvalue weighted by Crippen LogP contribution is 2.23. The van der Waals surface area contributed by atoms with Gasteiger partial charge in [0, 0.05) is 11.6 Å². The molecule has 2 heterocycles. The molecule has 0 radical (unpaired) electrons. The fourth-order valence-corrected chi connectivity index (χ4v) is 2.97. The molecule has 0 aliphatic carbocycles. The molecule has 168 valence electrons. The first-order chi connectivity index (χ1) is 16.0. The quantitative estimate of drug-likeness (QED) is 0.378. The van der Waals surface area contributed by atoms with Gasteiger partial charge in [0.25, 0.3) is 11.4 Å². The van der Waals surface area contributed by atoms with E-state index >= 15 is 0 Å². The van der Waals surface area contributed by atoms with Gasteiger partial charge in [-0.25, -0.2) is 9.48 Å². The highest BCUT2D eigenvalue weighted by atomic mass is 16.6. The molecular weight excluding hydrogens is 424 g/mol. The molecule has 0 N–H and O–H groups in total. The van der Waals surface area contributed by atoms with Crippen molar-refractivity contribution in [3.63, 3.8) is 0 Å². The first-order valence-electron chi connectivity index (χ1n) is 10.4. The minimum atomic E-state index is -0.798. The summed E-state index contributed by atoms with van der Waals surface area (Å²) in [7, 11) is 0. The Labute approximate surface area is 189 Å². The van der Waals surface area contributed by atoms with Crippen LogP contribution in [0, 0.1) is 6.92 Å². The van der Waals surface area contributed by atoms with Gasteiger partial charge >= 0.3 is 5.97 Å². The van der Waals surface area contributed by atoms with Crippen molar-refractivity contribution in [2.24, 2.45) is 0 Å². The fourth-order valence-electron chi connectivity index (χ4n) is 2.97.